The predicted molar refractivity (Wildman–Crippen MR) is 211 cm³/mol. The highest BCUT2D eigenvalue weighted by Crippen LogP contribution is 2.89. The Bertz CT molecular complexity index is 1770. The zero-order valence-corrected chi connectivity index (χ0v) is 32.3. The van der Waals surface area contributed by atoms with Gasteiger partial charge in [-0.25, -0.2) is 0 Å². The molecule has 0 radical (unpaired) electrons. The van der Waals surface area contributed by atoms with E-state index in [-0.39, 0.29) is 17.1 Å². The van der Waals surface area contributed by atoms with Gasteiger partial charge < -0.3 is 0 Å². The molecule has 50 heavy (non-hydrogen) atoms. The van der Waals surface area contributed by atoms with E-state index < -0.39 is 6.89 Å². The van der Waals surface area contributed by atoms with Gasteiger partial charge in [0.15, 0.2) is 5.78 Å². The molecule has 2 unspecified atom stereocenters. The molecule has 3 aromatic rings. The van der Waals surface area contributed by atoms with E-state index in [9.17, 15) is 10.1 Å². The number of carbonyl (C=O) groups excluding carboxylic acids is 1. The van der Waals surface area contributed by atoms with Crippen LogP contribution in [0.2, 0.25) is 0 Å². The predicted octanol–water partition coefficient (Wildman–Crippen LogP) is 10.3. The second-order valence-electron chi connectivity index (χ2n) is 18.7. The molecule has 262 valence electrons. The fraction of sp³-hybridized carbons (Fsp3) is 0.553. The molecule has 3 heteroatoms. The van der Waals surface area contributed by atoms with Crippen molar-refractivity contribution in [2.75, 3.05) is 0 Å². The average Bonchev–Trinajstić information content (AvgIpc) is 3.71. The summed E-state index contributed by atoms with van der Waals surface area (Å²) in [6, 6.07) is 33.8. The maximum absolute atomic E-state index is 15.0. The third-order valence-electron chi connectivity index (χ3n) is 17.1. The summed E-state index contributed by atoms with van der Waals surface area (Å²) >= 11 is 0. The molecule has 0 N–H and O–H groups in total. The molecule has 2 nitrogen and oxygen atoms in total. The summed E-state index contributed by atoms with van der Waals surface area (Å²) in [6.07, 6.45) is 12.8. The van der Waals surface area contributed by atoms with Crippen LogP contribution < -0.4 is 15.9 Å². The summed E-state index contributed by atoms with van der Waals surface area (Å²) < 4.78 is 0. The number of fused-ring (bicyclic) bond motifs is 2. The Balaban J connectivity index is 1.15. The first-order valence-electron chi connectivity index (χ1n) is 19.8. The van der Waals surface area contributed by atoms with Crippen molar-refractivity contribution in [1.82, 2.24) is 0 Å². The number of benzene rings is 3. The van der Waals surface area contributed by atoms with Gasteiger partial charge in [-0.2, -0.15) is 5.26 Å². The molecule has 0 bridgehead atoms. The van der Waals surface area contributed by atoms with E-state index in [1.807, 2.05) is 18.2 Å². The van der Waals surface area contributed by atoms with Crippen molar-refractivity contribution in [3.05, 3.63) is 91.0 Å². The van der Waals surface area contributed by atoms with Crippen molar-refractivity contribution in [2.45, 2.75) is 106 Å². The number of hydrogen-bond acceptors (Lipinski definition) is 2. The molecule has 2 spiro atoms. The van der Waals surface area contributed by atoms with Gasteiger partial charge in [0.05, 0.1) is 0 Å². The van der Waals surface area contributed by atoms with Gasteiger partial charge in [0.25, 0.3) is 0 Å². The summed E-state index contributed by atoms with van der Waals surface area (Å²) in [5, 5.41) is 14.8. The summed E-state index contributed by atoms with van der Waals surface area (Å²) in [5.41, 5.74) is 2.15. The summed E-state index contributed by atoms with van der Waals surface area (Å²) in [7, 11) is 0. The molecule has 5 fully saturated rings. The average molecular weight is 684 g/mol. The minimum atomic E-state index is -2.71. The first-order valence-corrected chi connectivity index (χ1v) is 21.6. The molecule has 5 aliphatic rings. The van der Waals surface area contributed by atoms with E-state index in [1.54, 1.807) is 0 Å². The van der Waals surface area contributed by atoms with Gasteiger partial charge in [0.1, 0.15) is 11.4 Å². The standard InChI is InChI=1S/C47H58NOP/c1-33(30-39(49)40(31-48)50(35-16-10-7-11-17-35,36-18-12-8-13-19-36)37-20-14-9-15-21-37)38-25-26-45(6)42-23-22-41-43(3,4)34(2)24-27-46(41)32-47(42,46)29-28-44(38,45)5/h7-21,33-34,38,41-42H,22-30,32H2,1-6H3/t33-,34+,38-,41?,42?,44-,45+,46-,47+/m1/s1. The number of nitriles is 1. The van der Waals surface area contributed by atoms with Gasteiger partial charge in [0, 0.05) is 6.42 Å². The topological polar surface area (TPSA) is 40.9 Å². The second-order valence-corrected chi connectivity index (χ2v) is 22.0. The first kappa shape index (κ1) is 34.2. The van der Waals surface area contributed by atoms with E-state index in [2.05, 4.69) is 120 Å². The smallest absolute Gasteiger partial charge is 0.174 e. The third-order valence-corrected chi connectivity index (χ3v) is 21.3. The van der Waals surface area contributed by atoms with Crippen LogP contribution >= 0.6 is 6.89 Å². The fourth-order valence-corrected chi connectivity index (χ4v) is 18.3. The molecular formula is C47H58NOP. The van der Waals surface area contributed by atoms with Crippen molar-refractivity contribution < 1.29 is 4.79 Å². The Morgan fingerprint density at radius 3 is 1.78 bits per heavy atom. The van der Waals surface area contributed by atoms with Gasteiger partial charge in [-0.05, 0) is 137 Å². The van der Waals surface area contributed by atoms with E-state index in [0.717, 1.165) is 33.7 Å². The van der Waals surface area contributed by atoms with Crippen LogP contribution in [0.5, 0.6) is 0 Å². The van der Waals surface area contributed by atoms with E-state index in [4.69, 9.17) is 0 Å². The van der Waals surface area contributed by atoms with Crippen molar-refractivity contribution in [2.24, 2.45) is 56.7 Å². The largest absolute Gasteiger partial charge is 0.293 e. The zero-order valence-electron chi connectivity index (χ0n) is 31.4. The van der Waals surface area contributed by atoms with Crippen molar-refractivity contribution in [1.29, 1.82) is 5.26 Å². The van der Waals surface area contributed by atoms with Crippen LogP contribution in [0.4, 0.5) is 0 Å². The highest BCUT2D eigenvalue weighted by Gasteiger charge is 2.81. The molecule has 0 heterocycles. The lowest BCUT2D eigenvalue weighted by atomic mass is 9.41. The molecule has 8 rings (SSSR count). The molecule has 0 aliphatic heterocycles. The van der Waals surface area contributed by atoms with Gasteiger partial charge in [-0.3, -0.25) is 4.79 Å². The normalized spacial score (nSPS) is 37.2. The van der Waals surface area contributed by atoms with E-state index in [0.29, 0.717) is 39.3 Å². The molecule has 5 aliphatic carbocycles. The Labute approximate surface area is 302 Å². The summed E-state index contributed by atoms with van der Waals surface area (Å²) in [4.78, 5) is 15.0. The van der Waals surface area contributed by atoms with Crippen LogP contribution in [0, 0.1) is 68.0 Å². The SMILES string of the molecule is C[C@H](CC(=O)C(C#N)=P(c1ccccc1)(c1ccccc1)c1ccccc1)[C@H]1CC[C@@]2(C)C3CCC4C(C)(C)[C@@H](C)CC[C@@]45C[C@@]35CC[C@]12C. The maximum atomic E-state index is 15.0. The fourth-order valence-electron chi connectivity index (χ4n) is 14.1. The quantitative estimate of drug-likeness (QED) is 0.233. The Morgan fingerprint density at radius 1 is 0.720 bits per heavy atom. The van der Waals surface area contributed by atoms with Crippen molar-refractivity contribution in [3.8, 4) is 6.07 Å². The minimum absolute atomic E-state index is 0.0505. The van der Waals surface area contributed by atoms with Crippen LogP contribution in [0.15, 0.2) is 91.0 Å². The molecule has 3 aromatic carbocycles. The number of Topliss-reactive ketones (excluding diaryl/α,β-unsaturated/α-hetero) is 1. The van der Waals surface area contributed by atoms with E-state index in [1.165, 1.54) is 57.8 Å². The van der Waals surface area contributed by atoms with Crippen molar-refractivity contribution >= 4 is 33.9 Å². The number of hydrogen-bond donors (Lipinski definition) is 0. The lowest BCUT2D eigenvalue weighted by Crippen LogP contribution is -2.56. The number of nitrogens with zero attached hydrogens (tertiary/aromatic N) is 1. The highest BCUT2D eigenvalue weighted by atomic mass is 31.2. The first-order chi connectivity index (χ1) is 23.9. The molecule has 5 saturated carbocycles. The Hall–Kier alpha value is -2.88. The van der Waals surface area contributed by atoms with Crippen LogP contribution in [-0.2, 0) is 4.79 Å². The Morgan fingerprint density at radius 2 is 1.24 bits per heavy atom. The van der Waals surface area contributed by atoms with Gasteiger partial charge in [0.2, 0.25) is 0 Å². The second kappa shape index (κ2) is 11.8. The van der Waals surface area contributed by atoms with Crippen molar-refractivity contribution in [3.63, 3.8) is 0 Å². The van der Waals surface area contributed by atoms with Crippen LogP contribution in [-0.4, -0.2) is 11.1 Å². The lowest BCUT2D eigenvalue weighted by Gasteiger charge is -2.63. The maximum Gasteiger partial charge on any atom is 0.174 e. The number of ketones is 1. The van der Waals surface area contributed by atoms with Crippen LogP contribution in [0.1, 0.15) is 106 Å². The number of carbonyl (C=O) groups is 1. The molecule has 0 saturated heterocycles. The molecule has 0 amide bonds. The number of rotatable bonds is 7. The summed E-state index contributed by atoms with van der Waals surface area (Å²) in [6.45, 7) is 12.7. The molecular weight excluding hydrogens is 625 g/mol. The molecule has 0 aromatic heterocycles. The van der Waals surface area contributed by atoms with Gasteiger partial charge in [-0.1, -0.05) is 133 Å². The third kappa shape index (κ3) is 4.41. The zero-order chi connectivity index (χ0) is 35.2. The van der Waals surface area contributed by atoms with E-state index >= 15 is 0 Å². The van der Waals surface area contributed by atoms with Gasteiger partial charge in [-0.15, -0.1) is 0 Å². The summed E-state index contributed by atoms with van der Waals surface area (Å²) in [5.74, 6) is 3.31. The Kier molecular flexibility index (Phi) is 8.09. The minimum Gasteiger partial charge on any atom is -0.293 e. The monoisotopic (exact) mass is 683 g/mol. The van der Waals surface area contributed by atoms with Crippen LogP contribution in [0.3, 0.4) is 0 Å². The highest BCUT2D eigenvalue weighted by molar-refractivity contribution is 7.96. The lowest BCUT2D eigenvalue weighted by molar-refractivity contribution is -0.149. The van der Waals surface area contributed by atoms with Gasteiger partial charge >= 0.3 is 0 Å². The molecule has 9 atom stereocenters. The van der Waals surface area contributed by atoms with Crippen LogP contribution in [0.25, 0.3) is 0 Å².